The second kappa shape index (κ2) is 4.09. The average molecular weight is 264 g/mol. The van der Waals surface area contributed by atoms with Gasteiger partial charge in [0.2, 0.25) is 0 Å². The summed E-state index contributed by atoms with van der Waals surface area (Å²) >= 11 is 0. The molecule has 0 bridgehead atoms. The first-order chi connectivity index (χ1) is 8.57. The molecule has 3 rings (SSSR count). The molecule has 1 fully saturated rings. The van der Waals surface area contributed by atoms with Crippen LogP contribution >= 0.6 is 0 Å². The first kappa shape index (κ1) is 11.7. The van der Waals surface area contributed by atoms with E-state index in [2.05, 4.69) is 4.98 Å². The molecule has 2 aromatic rings. The van der Waals surface area contributed by atoms with E-state index in [0.717, 1.165) is 29.7 Å². The molecule has 0 N–H and O–H groups in total. The van der Waals surface area contributed by atoms with Crippen LogP contribution in [0, 0.1) is 6.92 Å². The van der Waals surface area contributed by atoms with Crippen LogP contribution in [-0.4, -0.2) is 29.3 Å². The van der Waals surface area contributed by atoms with E-state index in [-0.39, 0.29) is 11.7 Å². The summed E-state index contributed by atoms with van der Waals surface area (Å²) in [7, 11) is -2.89. The van der Waals surface area contributed by atoms with Gasteiger partial charge in [-0.05, 0) is 31.4 Å². The lowest BCUT2D eigenvalue weighted by Crippen LogP contribution is -2.25. The van der Waals surface area contributed by atoms with Gasteiger partial charge in [-0.2, -0.15) is 0 Å². The lowest BCUT2D eigenvalue weighted by atomic mass is 10.0. The van der Waals surface area contributed by atoms with Gasteiger partial charge in [0, 0.05) is 12.1 Å². The molecule has 4 nitrogen and oxygen atoms in total. The SMILES string of the molecule is Cc1cccn2c(C3CCCS(=O)(=O)C3)ncc12. The van der Waals surface area contributed by atoms with Crippen LogP contribution in [0.15, 0.2) is 24.5 Å². The number of rotatable bonds is 1. The number of aryl methyl sites for hydroxylation is 1. The Morgan fingerprint density at radius 2 is 2.28 bits per heavy atom. The predicted molar refractivity (Wildman–Crippen MR) is 70.6 cm³/mol. The number of sulfone groups is 1. The Morgan fingerprint density at radius 1 is 1.44 bits per heavy atom. The summed E-state index contributed by atoms with van der Waals surface area (Å²) < 4.78 is 25.5. The highest BCUT2D eigenvalue weighted by atomic mass is 32.2. The van der Waals surface area contributed by atoms with E-state index in [4.69, 9.17) is 0 Å². The third-order valence-electron chi connectivity index (χ3n) is 3.64. The first-order valence-corrected chi connectivity index (χ1v) is 8.02. The van der Waals surface area contributed by atoms with Crippen molar-refractivity contribution in [3.63, 3.8) is 0 Å². The molecule has 0 amide bonds. The van der Waals surface area contributed by atoms with Gasteiger partial charge in [-0.3, -0.25) is 0 Å². The zero-order valence-electron chi connectivity index (χ0n) is 10.3. The highest BCUT2D eigenvalue weighted by Crippen LogP contribution is 2.28. The minimum Gasteiger partial charge on any atom is -0.303 e. The highest BCUT2D eigenvalue weighted by Gasteiger charge is 2.28. The Hall–Kier alpha value is -1.36. The standard InChI is InChI=1S/C13H16N2O2S/c1-10-4-2-6-15-12(10)8-14-13(15)11-5-3-7-18(16,17)9-11/h2,4,6,8,11H,3,5,7,9H2,1H3. The summed E-state index contributed by atoms with van der Waals surface area (Å²) in [5.74, 6) is 1.48. The van der Waals surface area contributed by atoms with Gasteiger partial charge in [0.15, 0.2) is 9.84 Å². The molecule has 1 aliphatic rings. The van der Waals surface area contributed by atoms with Crippen LogP contribution in [0.3, 0.4) is 0 Å². The molecule has 0 radical (unpaired) electrons. The minimum atomic E-state index is -2.89. The molecule has 96 valence electrons. The van der Waals surface area contributed by atoms with Gasteiger partial charge in [0.1, 0.15) is 5.82 Å². The van der Waals surface area contributed by atoms with Gasteiger partial charge in [-0.1, -0.05) is 6.07 Å². The van der Waals surface area contributed by atoms with E-state index in [1.165, 1.54) is 0 Å². The summed E-state index contributed by atoms with van der Waals surface area (Å²) in [5.41, 5.74) is 2.23. The summed E-state index contributed by atoms with van der Waals surface area (Å²) in [4.78, 5) is 4.44. The maximum absolute atomic E-state index is 11.7. The maximum atomic E-state index is 11.7. The van der Waals surface area contributed by atoms with Crippen LogP contribution in [0.2, 0.25) is 0 Å². The quantitative estimate of drug-likeness (QED) is 0.791. The van der Waals surface area contributed by atoms with Crippen LogP contribution in [0.4, 0.5) is 0 Å². The topological polar surface area (TPSA) is 51.4 Å². The maximum Gasteiger partial charge on any atom is 0.151 e. The molecule has 0 saturated carbocycles. The van der Waals surface area contributed by atoms with E-state index < -0.39 is 9.84 Å². The number of fused-ring (bicyclic) bond motifs is 1. The van der Waals surface area contributed by atoms with Crippen LogP contribution in [-0.2, 0) is 9.84 Å². The Bertz CT molecular complexity index is 688. The molecule has 5 heteroatoms. The van der Waals surface area contributed by atoms with Gasteiger partial charge >= 0.3 is 0 Å². The number of hydrogen-bond donors (Lipinski definition) is 0. The molecule has 18 heavy (non-hydrogen) atoms. The summed E-state index contributed by atoms with van der Waals surface area (Å²) in [6.45, 7) is 2.04. The van der Waals surface area contributed by atoms with Crippen molar-refractivity contribution < 1.29 is 8.42 Å². The minimum absolute atomic E-state index is 0.0352. The van der Waals surface area contributed by atoms with Crippen molar-refractivity contribution in [1.29, 1.82) is 0 Å². The Kier molecular flexibility index (Phi) is 2.66. The zero-order valence-corrected chi connectivity index (χ0v) is 11.2. The smallest absolute Gasteiger partial charge is 0.151 e. The fourth-order valence-electron chi connectivity index (χ4n) is 2.71. The number of hydrogen-bond acceptors (Lipinski definition) is 3. The van der Waals surface area contributed by atoms with Crippen LogP contribution < -0.4 is 0 Å². The molecule has 2 aromatic heterocycles. The van der Waals surface area contributed by atoms with Crippen molar-refractivity contribution in [1.82, 2.24) is 9.38 Å². The Morgan fingerprint density at radius 3 is 3.06 bits per heavy atom. The third-order valence-corrected chi connectivity index (χ3v) is 5.46. The molecular formula is C13H16N2O2S. The number of nitrogens with zero attached hydrogens (tertiary/aromatic N) is 2. The van der Waals surface area contributed by atoms with Crippen LogP contribution in [0.1, 0.15) is 30.1 Å². The second-order valence-corrected chi connectivity index (χ2v) is 7.25. The third kappa shape index (κ3) is 1.92. The largest absolute Gasteiger partial charge is 0.303 e. The molecule has 1 unspecified atom stereocenters. The van der Waals surface area contributed by atoms with E-state index in [9.17, 15) is 8.42 Å². The van der Waals surface area contributed by atoms with E-state index in [0.29, 0.717) is 5.75 Å². The molecule has 1 saturated heterocycles. The van der Waals surface area contributed by atoms with Crippen molar-refractivity contribution in [2.24, 2.45) is 0 Å². The lowest BCUT2D eigenvalue weighted by Gasteiger charge is -2.21. The van der Waals surface area contributed by atoms with Crippen molar-refractivity contribution >= 4 is 15.4 Å². The van der Waals surface area contributed by atoms with Gasteiger partial charge in [-0.15, -0.1) is 0 Å². The van der Waals surface area contributed by atoms with Gasteiger partial charge in [0.25, 0.3) is 0 Å². The van der Waals surface area contributed by atoms with Gasteiger partial charge < -0.3 is 4.40 Å². The summed E-state index contributed by atoms with van der Waals surface area (Å²) in [6.07, 6.45) is 5.46. The Balaban J connectivity index is 2.07. The molecule has 1 aliphatic heterocycles. The van der Waals surface area contributed by atoms with E-state index in [1.54, 1.807) is 0 Å². The molecule has 1 atom stereocenters. The summed E-state index contributed by atoms with van der Waals surface area (Å²) in [6, 6.07) is 4.02. The van der Waals surface area contributed by atoms with Crippen LogP contribution in [0.25, 0.3) is 5.52 Å². The fraction of sp³-hybridized carbons (Fsp3) is 0.462. The van der Waals surface area contributed by atoms with E-state index >= 15 is 0 Å². The average Bonchev–Trinajstić information content (AvgIpc) is 2.73. The van der Waals surface area contributed by atoms with Crippen molar-refractivity contribution in [2.75, 3.05) is 11.5 Å². The van der Waals surface area contributed by atoms with E-state index in [1.807, 2.05) is 35.9 Å². The second-order valence-electron chi connectivity index (χ2n) is 5.02. The molecular weight excluding hydrogens is 248 g/mol. The predicted octanol–water partition coefficient (Wildman–Crippen LogP) is 1.93. The first-order valence-electron chi connectivity index (χ1n) is 6.20. The summed E-state index contributed by atoms with van der Waals surface area (Å²) in [5, 5.41) is 0. The molecule has 0 spiro atoms. The van der Waals surface area contributed by atoms with Crippen molar-refractivity contribution in [2.45, 2.75) is 25.7 Å². The van der Waals surface area contributed by atoms with Crippen molar-refractivity contribution in [3.8, 4) is 0 Å². The number of pyridine rings is 1. The van der Waals surface area contributed by atoms with Gasteiger partial charge in [-0.25, -0.2) is 13.4 Å². The molecule has 0 aliphatic carbocycles. The zero-order chi connectivity index (χ0) is 12.8. The van der Waals surface area contributed by atoms with Gasteiger partial charge in [0.05, 0.1) is 23.2 Å². The molecule has 0 aromatic carbocycles. The molecule has 3 heterocycles. The fourth-order valence-corrected chi connectivity index (χ4v) is 4.41. The highest BCUT2D eigenvalue weighted by molar-refractivity contribution is 7.91. The monoisotopic (exact) mass is 264 g/mol. The number of imidazole rings is 1. The van der Waals surface area contributed by atoms with Crippen molar-refractivity contribution in [3.05, 3.63) is 35.9 Å². The Labute approximate surface area is 107 Å². The van der Waals surface area contributed by atoms with Crippen LogP contribution in [0.5, 0.6) is 0 Å². The lowest BCUT2D eigenvalue weighted by molar-refractivity contribution is 0.543. The normalized spacial score (nSPS) is 23.3. The number of aromatic nitrogens is 2.